The number of hydrogen-bond acceptors (Lipinski definition) is 4. The summed E-state index contributed by atoms with van der Waals surface area (Å²) in [4.78, 5) is 25.7. The van der Waals surface area contributed by atoms with Crippen LogP contribution in [-0.4, -0.2) is 30.1 Å². The first kappa shape index (κ1) is 18.9. The fourth-order valence-corrected chi connectivity index (χ4v) is 2.36. The Balaban J connectivity index is 2.05. The molecular weight excluding hydrogens is 344 g/mol. The number of furan rings is 1. The Labute approximate surface area is 151 Å². The summed E-state index contributed by atoms with van der Waals surface area (Å²) < 4.78 is 10.2. The van der Waals surface area contributed by atoms with Crippen LogP contribution in [0.3, 0.4) is 0 Å². The van der Waals surface area contributed by atoms with Gasteiger partial charge in [0, 0.05) is 17.3 Å². The summed E-state index contributed by atoms with van der Waals surface area (Å²) in [7, 11) is 0. The van der Waals surface area contributed by atoms with Crippen molar-refractivity contribution in [2.24, 2.45) is 0 Å². The van der Waals surface area contributed by atoms with E-state index in [0.29, 0.717) is 23.1 Å². The number of hydrogen-bond donors (Lipinski definition) is 1. The molecule has 0 bridgehead atoms. The van der Waals surface area contributed by atoms with E-state index in [2.05, 4.69) is 5.32 Å². The molecule has 2 aromatic rings. The third-order valence-electron chi connectivity index (χ3n) is 3.53. The van der Waals surface area contributed by atoms with Crippen molar-refractivity contribution in [3.8, 4) is 0 Å². The predicted molar refractivity (Wildman–Crippen MR) is 95.6 cm³/mol. The molecule has 1 heterocycles. The van der Waals surface area contributed by atoms with E-state index < -0.39 is 0 Å². The normalized spacial score (nSPS) is 10.4. The number of benzene rings is 1. The van der Waals surface area contributed by atoms with Crippen molar-refractivity contribution in [2.45, 2.75) is 26.8 Å². The summed E-state index contributed by atoms with van der Waals surface area (Å²) in [5, 5.41) is 3.36. The zero-order valence-corrected chi connectivity index (χ0v) is 15.0. The van der Waals surface area contributed by atoms with Crippen molar-refractivity contribution >= 4 is 29.3 Å². The molecule has 25 heavy (non-hydrogen) atoms. The number of rotatable bonds is 7. The van der Waals surface area contributed by atoms with E-state index >= 15 is 0 Å². The average Bonchev–Trinajstić information content (AvgIpc) is 3.08. The van der Waals surface area contributed by atoms with Crippen molar-refractivity contribution < 1.29 is 18.7 Å². The van der Waals surface area contributed by atoms with Gasteiger partial charge in [0.05, 0.1) is 25.8 Å². The number of halogens is 1. The summed E-state index contributed by atoms with van der Waals surface area (Å²) >= 11 is 6.09. The molecule has 7 heteroatoms. The number of aryl methyl sites for hydroxylation is 1. The van der Waals surface area contributed by atoms with Crippen LogP contribution in [0.5, 0.6) is 0 Å². The molecule has 1 N–H and O–H groups in total. The van der Waals surface area contributed by atoms with E-state index in [-0.39, 0.29) is 31.5 Å². The van der Waals surface area contributed by atoms with Gasteiger partial charge in [-0.25, -0.2) is 4.79 Å². The Hall–Kier alpha value is -2.47. The molecule has 2 rings (SSSR count). The molecule has 0 saturated heterocycles. The fraction of sp³-hybridized carbons (Fsp3) is 0.333. The van der Waals surface area contributed by atoms with E-state index in [4.69, 9.17) is 20.8 Å². The molecule has 2 amide bonds. The third kappa shape index (κ3) is 5.83. The monoisotopic (exact) mass is 364 g/mol. The van der Waals surface area contributed by atoms with Crippen molar-refractivity contribution in [1.29, 1.82) is 0 Å². The first-order valence-electron chi connectivity index (χ1n) is 7.99. The number of ether oxygens (including phenoxy) is 1. The number of esters is 1. The van der Waals surface area contributed by atoms with Gasteiger partial charge in [0.2, 0.25) is 0 Å². The molecule has 6 nitrogen and oxygen atoms in total. The highest BCUT2D eigenvalue weighted by Crippen LogP contribution is 2.20. The Morgan fingerprint density at radius 2 is 2.12 bits per heavy atom. The number of carbonyl (C=O) groups is 2. The molecule has 0 aliphatic heterocycles. The van der Waals surface area contributed by atoms with Crippen LogP contribution in [0.15, 0.2) is 41.0 Å². The van der Waals surface area contributed by atoms with Crippen LogP contribution in [0.4, 0.5) is 10.5 Å². The standard InChI is InChI=1S/C18H21ClN2O4/c1-3-24-17(22)8-9-21(12-15-5-4-10-25-15)18(23)20-14-7-6-13(2)16(19)11-14/h4-7,10-11H,3,8-9,12H2,1-2H3,(H,20,23). The van der Waals surface area contributed by atoms with Gasteiger partial charge < -0.3 is 19.4 Å². The van der Waals surface area contributed by atoms with Gasteiger partial charge in [0.1, 0.15) is 5.76 Å². The molecular formula is C18H21ClN2O4. The van der Waals surface area contributed by atoms with E-state index in [9.17, 15) is 9.59 Å². The van der Waals surface area contributed by atoms with Crippen LogP contribution in [0, 0.1) is 6.92 Å². The molecule has 0 aliphatic carbocycles. The van der Waals surface area contributed by atoms with E-state index in [0.717, 1.165) is 5.56 Å². The maximum Gasteiger partial charge on any atom is 0.322 e. The highest BCUT2D eigenvalue weighted by Gasteiger charge is 2.17. The molecule has 0 fully saturated rings. The van der Waals surface area contributed by atoms with Gasteiger partial charge in [0.25, 0.3) is 0 Å². The largest absolute Gasteiger partial charge is 0.467 e. The number of carbonyl (C=O) groups excluding carboxylic acids is 2. The lowest BCUT2D eigenvalue weighted by Gasteiger charge is -2.22. The Morgan fingerprint density at radius 3 is 2.76 bits per heavy atom. The van der Waals surface area contributed by atoms with Crippen LogP contribution in [0.25, 0.3) is 0 Å². The minimum Gasteiger partial charge on any atom is -0.467 e. The molecule has 0 spiro atoms. The summed E-state index contributed by atoms with van der Waals surface area (Å²) in [6, 6.07) is 8.46. The first-order chi connectivity index (χ1) is 12.0. The molecule has 1 aromatic carbocycles. The smallest absolute Gasteiger partial charge is 0.322 e. The topological polar surface area (TPSA) is 71.8 Å². The Bertz CT molecular complexity index is 716. The quantitative estimate of drug-likeness (QED) is 0.746. The number of nitrogens with one attached hydrogen (secondary N) is 1. The molecule has 0 unspecified atom stereocenters. The van der Waals surface area contributed by atoms with Crippen LogP contribution in [0.2, 0.25) is 5.02 Å². The maximum atomic E-state index is 12.6. The SMILES string of the molecule is CCOC(=O)CCN(Cc1ccco1)C(=O)Nc1ccc(C)c(Cl)c1. The second kappa shape index (κ2) is 9.13. The minimum absolute atomic E-state index is 0.108. The molecule has 1 aromatic heterocycles. The van der Waals surface area contributed by atoms with Crippen molar-refractivity contribution in [3.05, 3.63) is 52.9 Å². The summed E-state index contributed by atoms with van der Waals surface area (Å²) in [5.74, 6) is 0.277. The molecule has 0 atom stereocenters. The highest BCUT2D eigenvalue weighted by atomic mass is 35.5. The number of nitrogens with zero attached hydrogens (tertiary/aromatic N) is 1. The molecule has 0 aliphatic rings. The zero-order chi connectivity index (χ0) is 18.2. The van der Waals surface area contributed by atoms with Crippen LogP contribution in [0.1, 0.15) is 24.7 Å². The zero-order valence-electron chi connectivity index (χ0n) is 14.3. The van der Waals surface area contributed by atoms with Gasteiger partial charge in [0.15, 0.2) is 0 Å². The predicted octanol–water partition coefficient (Wildman–Crippen LogP) is 4.23. The van der Waals surface area contributed by atoms with Crippen molar-refractivity contribution in [2.75, 3.05) is 18.5 Å². The second-order valence-corrected chi connectivity index (χ2v) is 5.86. The number of amides is 2. The Morgan fingerprint density at radius 1 is 1.32 bits per heavy atom. The summed E-state index contributed by atoms with van der Waals surface area (Å²) in [6.07, 6.45) is 1.65. The first-order valence-corrected chi connectivity index (χ1v) is 8.37. The molecule has 0 radical (unpaired) electrons. The van der Waals surface area contributed by atoms with Crippen molar-refractivity contribution in [3.63, 3.8) is 0 Å². The van der Waals surface area contributed by atoms with Gasteiger partial charge in [-0.05, 0) is 43.7 Å². The van der Waals surface area contributed by atoms with Crippen molar-refractivity contribution in [1.82, 2.24) is 4.90 Å². The van der Waals surface area contributed by atoms with E-state index in [1.807, 2.05) is 13.0 Å². The average molecular weight is 365 g/mol. The summed E-state index contributed by atoms with van der Waals surface area (Å²) in [5.41, 5.74) is 1.51. The van der Waals surface area contributed by atoms with E-state index in [1.165, 1.54) is 11.2 Å². The highest BCUT2D eigenvalue weighted by molar-refractivity contribution is 6.31. The van der Waals surface area contributed by atoms with Gasteiger partial charge in [-0.3, -0.25) is 4.79 Å². The maximum absolute atomic E-state index is 12.6. The minimum atomic E-state index is -0.349. The number of urea groups is 1. The van der Waals surface area contributed by atoms with Crippen LogP contribution >= 0.6 is 11.6 Å². The summed E-state index contributed by atoms with van der Waals surface area (Å²) in [6.45, 7) is 4.40. The lowest BCUT2D eigenvalue weighted by Crippen LogP contribution is -2.36. The molecule has 0 saturated carbocycles. The third-order valence-corrected chi connectivity index (χ3v) is 3.94. The van der Waals surface area contributed by atoms with E-state index in [1.54, 1.807) is 31.2 Å². The van der Waals surface area contributed by atoms with Gasteiger partial charge in [-0.15, -0.1) is 0 Å². The van der Waals surface area contributed by atoms with Gasteiger partial charge in [-0.1, -0.05) is 17.7 Å². The lowest BCUT2D eigenvalue weighted by atomic mass is 10.2. The van der Waals surface area contributed by atoms with Gasteiger partial charge in [-0.2, -0.15) is 0 Å². The lowest BCUT2D eigenvalue weighted by molar-refractivity contribution is -0.143. The van der Waals surface area contributed by atoms with Gasteiger partial charge >= 0.3 is 12.0 Å². The Kier molecular flexibility index (Phi) is 6.89. The second-order valence-electron chi connectivity index (χ2n) is 5.45. The number of anilines is 1. The molecule has 134 valence electrons. The fourth-order valence-electron chi connectivity index (χ4n) is 2.18. The van der Waals surface area contributed by atoms with Crippen LogP contribution in [-0.2, 0) is 16.1 Å². The van der Waals surface area contributed by atoms with Crippen LogP contribution < -0.4 is 5.32 Å².